The van der Waals surface area contributed by atoms with E-state index in [1.165, 1.54) is 0 Å². The zero-order chi connectivity index (χ0) is 13.1. The van der Waals surface area contributed by atoms with Gasteiger partial charge in [-0.15, -0.1) is 0 Å². The van der Waals surface area contributed by atoms with Crippen LogP contribution in [0, 0.1) is 19.8 Å². The number of aryl methyl sites for hydroxylation is 2. The van der Waals surface area contributed by atoms with Crippen molar-refractivity contribution in [1.29, 1.82) is 0 Å². The van der Waals surface area contributed by atoms with Crippen LogP contribution in [-0.4, -0.2) is 17.1 Å². The molecule has 0 radical (unpaired) electrons. The number of nitrogens with zero attached hydrogens (tertiary/aromatic N) is 1. The molecule has 1 fully saturated rings. The van der Waals surface area contributed by atoms with Crippen molar-refractivity contribution in [3.8, 4) is 0 Å². The van der Waals surface area contributed by atoms with Gasteiger partial charge < -0.3 is 15.6 Å². The summed E-state index contributed by atoms with van der Waals surface area (Å²) in [6, 6.07) is 0.00317. The van der Waals surface area contributed by atoms with Crippen molar-refractivity contribution >= 4 is 5.91 Å². The first kappa shape index (κ1) is 13.1. The number of hydrogen-bond donors (Lipinski definition) is 2. The van der Waals surface area contributed by atoms with Crippen molar-refractivity contribution in [2.45, 2.75) is 52.1 Å². The zero-order valence-electron chi connectivity index (χ0n) is 11.0. The quantitative estimate of drug-likeness (QED) is 0.851. The highest BCUT2D eigenvalue weighted by atomic mass is 16.5. The molecule has 5 heteroatoms. The van der Waals surface area contributed by atoms with Crippen molar-refractivity contribution in [1.82, 2.24) is 10.5 Å². The summed E-state index contributed by atoms with van der Waals surface area (Å²) in [6.45, 7) is 4.21. The summed E-state index contributed by atoms with van der Waals surface area (Å²) in [4.78, 5) is 12.1. The van der Waals surface area contributed by atoms with Gasteiger partial charge in [-0.05, 0) is 26.7 Å². The average Bonchev–Trinajstić information content (AvgIpc) is 2.67. The Morgan fingerprint density at radius 1 is 1.44 bits per heavy atom. The van der Waals surface area contributed by atoms with E-state index in [1.807, 2.05) is 13.8 Å². The lowest BCUT2D eigenvalue weighted by molar-refractivity contribution is -0.126. The van der Waals surface area contributed by atoms with Gasteiger partial charge in [0.2, 0.25) is 5.91 Å². The number of rotatable bonds is 3. The molecule has 0 aromatic carbocycles. The molecule has 2 unspecified atom stereocenters. The molecule has 0 aliphatic heterocycles. The molecule has 0 saturated heterocycles. The largest absolute Gasteiger partial charge is 0.361 e. The lowest BCUT2D eigenvalue weighted by Crippen LogP contribution is -2.43. The number of aromatic nitrogens is 1. The summed E-state index contributed by atoms with van der Waals surface area (Å²) in [5, 5.41) is 6.82. The second kappa shape index (κ2) is 5.52. The maximum atomic E-state index is 12.1. The van der Waals surface area contributed by atoms with Crippen LogP contribution in [0.5, 0.6) is 0 Å². The van der Waals surface area contributed by atoms with Crippen LogP contribution in [0.25, 0.3) is 0 Å². The molecule has 1 aromatic heterocycles. The van der Waals surface area contributed by atoms with Crippen LogP contribution in [0.2, 0.25) is 0 Å². The highest BCUT2D eigenvalue weighted by molar-refractivity contribution is 5.79. The topological polar surface area (TPSA) is 81.2 Å². The fourth-order valence-corrected chi connectivity index (χ4v) is 2.55. The second-order valence-corrected chi connectivity index (χ2v) is 5.08. The molecule has 5 nitrogen and oxygen atoms in total. The minimum absolute atomic E-state index is 0.00317. The van der Waals surface area contributed by atoms with Crippen LogP contribution >= 0.6 is 0 Å². The fourth-order valence-electron chi connectivity index (χ4n) is 2.55. The minimum atomic E-state index is -0.0424. The van der Waals surface area contributed by atoms with Crippen molar-refractivity contribution in [2.24, 2.45) is 11.7 Å². The summed E-state index contributed by atoms with van der Waals surface area (Å²) in [6.07, 6.45) is 4.07. The van der Waals surface area contributed by atoms with Crippen LogP contribution in [0.4, 0.5) is 0 Å². The number of nitrogens with two attached hydrogens (primary N) is 1. The molecule has 1 amide bonds. The van der Waals surface area contributed by atoms with Gasteiger partial charge in [0.15, 0.2) is 0 Å². The third kappa shape index (κ3) is 2.72. The van der Waals surface area contributed by atoms with Gasteiger partial charge in [0.25, 0.3) is 0 Å². The van der Waals surface area contributed by atoms with E-state index in [4.69, 9.17) is 10.3 Å². The third-order valence-corrected chi connectivity index (χ3v) is 3.78. The van der Waals surface area contributed by atoms with Gasteiger partial charge in [0, 0.05) is 18.2 Å². The highest BCUT2D eigenvalue weighted by Gasteiger charge is 2.28. The molecular weight excluding hydrogens is 230 g/mol. The predicted octanol–water partition coefficient (Wildman–Crippen LogP) is 1.43. The summed E-state index contributed by atoms with van der Waals surface area (Å²) in [5.74, 6) is 0.780. The lowest BCUT2D eigenvalue weighted by Gasteiger charge is -2.27. The molecule has 0 bridgehead atoms. The van der Waals surface area contributed by atoms with Gasteiger partial charge in [-0.2, -0.15) is 0 Å². The molecule has 2 rings (SSSR count). The number of amides is 1. The summed E-state index contributed by atoms with van der Waals surface area (Å²) in [5.41, 5.74) is 7.80. The average molecular weight is 251 g/mol. The zero-order valence-corrected chi connectivity index (χ0v) is 11.0. The van der Waals surface area contributed by atoms with E-state index in [1.54, 1.807) is 0 Å². The van der Waals surface area contributed by atoms with Crippen LogP contribution in [-0.2, 0) is 11.3 Å². The van der Waals surface area contributed by atoms with Crippen LogP contribution in [0.15, 0.2) is 4.52 Å². The van der Waals surface area contributed by atoms with E-state index in [0.29, 0.717) is 6.54 Å². The first-order valence-corrected chi connectivity index (χ1v) is 6.54. The lowest BCUT2D eigenvalue weighted by atomic mass is 9.84. The Morgan fingerprint density at radius 2 is 2.17 bits per heavy atom. The maximum Gasteiger partial charge on any atom is 0.224 e. The summed E-state index contributed by atoms with van der Waals surface area (Å²) < 4.78 is 5.07. The van der Waals surface area contributed by atoms with Gasteiger partial charge in [0.05, 0.1) is 11.6 Å². The predicted molar refractivity (Wildman–Crippen MR) is 67.8 cm³/mol. The molecule has 2 atom stereocenters. The van der Waals surface area contributed by atoms with Crippen molar-refractivity contribution in [3.63, 3.8) is 0 Å². The third-order valence-electron chi connectivity index (χ3n) is 3.78. The van der Waals surface area contributed by atoms with Crippen molar-refractivity contribution in [3.05, 3.63) is 17.0 Å². The standard InChI is InChI=1S/C13H21N3O2/c1-8-11(9(2)18-16-8)7-15-13(17)10-5-3-4-6-12(10)14/h10,12H,3-7,14H2,1-2H3,(H,15,17). The molecule has 100 valence electrons. The van der Waals surface area contributed by atoms with Crippen LogP contribution in [0.1, 0.15) is 42.7 Å². The van der Waals surface area contributed by atoms with E-state index < -0.39 is 0 Å². The SMILES string of the molecule is Cc1noc(C)c1CNC(=O)C1CCCCC1N. The molecule has 3 N–H and O–H groups in total. The van der Waals surface area contributed by atoms with Gasteiger partial charge >= 0.3 is 0 Å². The molecule has 0 spiro atoms. The summed E-state index contributed by atoms with van der Waals surface area (Å²) in [7, 11) is 0. The van der Waals surface area contributed by atoms with Crippen LogP contribution in [0.3, 0.4) is 0 Å². The Kier molecular flexibility index (Phi) is 4.01. The Labute approximate surface area is 107 Å². The maximum absolute atomic E-state index is 12.1. The number of hydrogen-bond acceptors (Lipinski definition) is 4. The monoisotopic (exact) mass is 251 g/mol. The Hall–Kier alpha value is -1.36. The van der Waals surface area contributed by atoms with E-state index in [-0.39, 0.29) is 17.9 Å². The second-order valence-electron chi connectivity index (χ2n) is 5.08. The van der Waals surface area contributed by atoms with Gasteiger partial charge in [0.1, 0.15) is 5.76 Å². The fraction of sp³-hybridized carbons (Fsp3) is 0.692. The van der Waals surface area contributed by atoms with Crippen molar-refractivity contribution in [2.75, 3.05) is 0 Å². The first-order valence-electron chi connectivity index (χ1n) is 6.54. The van der Waals surface area contributed by atoms with Gasteiger partial charge in [-0.3, -0.25) is 4.79 Å². The Bertz CT molecular complexity index is 408. The highest BCUT2D eigenvalue weighted by Crippen LogP contribution is 2.23. The summed E-state index contributed by atoms with van der Waals surface area (Å²) >= 11 is 0. The molecule has 1 heterocycles. The van der Waals surface area contributed by atoms with E-state index in [2.05, 4.69) is 10.5 Å². The molecule has 1 saturated carbocycles. The molecule has 18 heavy (non-hydrogen) atoms. The normalized spacial score (nSPS) is 23.9. The van der Waals surface area contributed by atoms with Crippen LogP contribution < -0.4 is 11.1 Å². The van der Waals surface area contributed by atoms with E-state index in [0.717, 1.165) is 42.7 Å². The molecular formula is C13H21N3O2. The van der Waals surface area contributed by atoms with E-state index in [9.17, 15) is 4.79 Å². The molecule has 1 aliphatic carbocycles. The minimum Gasteiger partial charge on any atom is -0.361 e. The molecule has 1 aliphatic rings. The van der Waals surface area contributed by atoms with E-state index >= 15 is 0 Å². The molecule has 1 aromatic rings. The Morgan fingerprint density at radius 3 is 2.78 bits per heavy atom. The number of carbonyl (C=O) groups excluding carboxylic acids is 1. The smallest absolute Gasteiger partial charge is 0.224 e. The van der Waals surface area contributed by atoms with Crippen molar-refractivity contribution < 1.29 is 9.32 Å². The van der Waals surface area contributed by atoms with Gasteiger partial charge in [-0.1, -0.05) is 18.0 Å². The Balaban J connectivity index is 1.92. The van der Waals surface area contributed by atoms with Gasteiger partial charge in [-0.25, -0.2) is 0 Å². The number of nitrogens with one attached hydrogen (secondary N) is 1. The first-order chi connectivity index (χ1) is 8.59. The number of carbonyl (C=O) groups is 1.